The second-order valence-electron chi connectivity index (χ2n) is 3.87. The summed E-state index contributed by atoms with van der Waals surface area (Å²) >= 11 is 0. The van der Waals surface area contributed by atoms with Gasteiger partial charge in [0.25, 0.3) is 0 Å². The molecule has 5 nitrogen and oxygen atoms in total. The number of carbonyl (C=O) groups excluding carboxylic acids is 2. The molecule has 0 aromatic heterocycles. The highest BCUT2D eigenvalue weighted by atomic mass is 16.6. The Morgan fingerprint density at radius 1 is 1.35 bits per heavy atom. The third kappa shape index (κ3) is 3.47. The molecule has 0 aromatic rings. The first-order valence-electron chi connectivity index (χ1n) is 5.85. The van der Waals surface area contributed by atoms with Gasteiger partial charge in [0.2, 0.25) is 0 Å². The second kappa shape index (κ2) is 6.27. The predicted molar refractivity (Wildman–Crippen MR) is 62.5 cm³/mol. The Morgan fingerprint density at radius 2 is 2.00 bits per heavy atom. The fourth-order valence-electron chi connectivity index (χ4n) is 1.74. The molecule has 1 heterocycles. The summed E-state index contributed by atoms with van der Waals surface area (Å²) in [6, 6.07) is -0.556. The number of nitrogens with zero attached hydrogens (tertiary/aromatic N) is 1. The zero-order chi connectivity index (χ0) is 12.8. The molecule has 0 N–H and O–H groups in total. The number of hydrogen-bond donors (Lipinski definition) is 0. The van der Waals surface area contributed by atoms with Gasteiger partial charge in [-0.2, -0.15) is 0 Å². The number of rotatable bonds is 3. The molecule has 1 aliphatic heterocycles. The van der Waals surface area contributed by atoms with Crippen molar-refractivity contribution in [2.24, 2.45) is 0 Å². The van der Waals surface area contributed by atoms with Crippen LogP contribution in [0.4, 0.5) is 4.79 Å². The van der Waals surface area contributed by atoms with Gasteiger partial charge in [0.05, 0.1) is 13.2 Å². The molecule has 0 aliphatic carbocycles. The summed E-state index contributed by atoms with van der Waals surface area (Å²) in [5, 5.41) is 0. The molecule has 17 heavy (non-hydrogen) atoms. The number of carbonyl (C=O) groups is 2. The Bertz CT molecular complexity index is 324. The van der Waals surface area contributed by atoms with Crippen LogP contribution < -0.4 is 0 Å². The highest BCUT2D eigenvalue weighted by Crippen LogP contribution is 2.19. The summed E-state index contributed by atoms with van der Waals surface area (Å²) in [5.41, 5.74) is 1.09. The van der Waals surface area contributed by atoms with E-state index in [1.54, 1.807) is 13.8 Å². The SMILES string of the molecule is CCOC(=O)C1CC(C)=CCN1C(=O)OCC. The molecular weight excluding hydrogens is 222 g/mol. The number of hydrogen-bond acceptors (Lipinski definition) is 4. The van der Waals surface area contributed by atoms with Crippen molar-refractivity contribution in [2.45, 2.75) is 33.2 Å². The van der Waals surface area contributed by atoms with Gasteiger partial charge in [-0.3, -0.25) is 4.90 Å². The largest absolute Gasteiger partial charge is 0.464 e. The van der Waals surface area contributed by atoms with Crippen molar-refractivity contribution in [3.8, 4) is 0 Å². The van der Waals surface area contributed by atoms with Crippen LogP contribution in [0.15, 0.2) is 11.6 Å². The van der Waals surface area contributed by atoms with Gasteiger partial charge in [-0.05, 0) is 27.2 Å². The first-order valence-corrected chi connectivity index (χ1v) is 5.85. The van der Waals surface area contributed by atoms with Gasteiger partial charge in [-0.15, -0.1) is 0 Å². The molecule has 5 heteroatoms. The number of esters is 1. The lowest BCUT2D eigenvalue weighted by Crippen LogP contribution is -2.48. The van der Waals surface area contributed by atoms with E-state index in [-0.39, 0.29) is 5.97 Å². The van der Waals surface area contributed by atoms with Crippen LogP contribution in [0.5, 0.6) is 0 Å². The maximum absolute atomic E-state index is 11.8. The normalized spacial score (nSPS) is 19.6. The first-order chi connectivity index (χ1) is 8.10. The van der Waals surface area contributed by atoms with Gasteiger partial charge < -0.3 is 9.47 Å². The maximum Gasteiger partial charge on any atom is 0.410 e. The topological polar surface area (TPSA) is 55.8 Å². The van der Waals surface area contributed by atoms with E-state index in [0.29, 0.717) is 26.2 Å². The van der Waals surface area contributed by atoms with E-state index < -0.39 is 12.1 Å². The van der Waals surface area contributed by atoms with Crippen molar-refractivity contribution < 1.29 is 19.1 Å². The molecule has 0 bridgehead atoms. The van der Waals surface area contributed by atoms with Gasteiger partial charge in [0.15, 0.2) is 0 Å². The van der Waals surface area contributed by atoms with E-state index in [4.69, 9.17) is 9.47 Å². The Labute approximate surface area is 101 Å². The van der Waals surface area contributed by atoms with Crippen LogP contribution in [0.25, 0.3) is 0 Å². The highest BCUT2D eigenvalue weighted by Gasteiger charge is 2.33. The summed E-state index contributed by atoms with van der Waals surface area (Å²) in [5.74, 6) is -0.368. The van der Waals surface area contributed by atoms with E-state index in [2.05, 4.69) is 0 Å². The monoisotopic (exact) mass is 241 g/mol. The van der Waals surface area contributed by atoms with Crippen molar-refractivity contribution in [1.82, 2.24) is 4.90 Å². The average Bonchev–Trinajstić information content (AvgIpc) is 2.29. The van der Waals surface area contributed by atoms with E-state index in [1.165, 1.54) is 4.90 Å². The third-order valence-electron chi connectivity index (χ3n) is 2.59. The fraction of sp³-hybridized carbons (Fsp3) is 0.667. The molecular formula is C12H19NO4. The van der Waals surface area contributed by atoms with Crippen molar-refractivity contribution in [1.29, 1.82) is 0 Å². The molecule has 0 saturated heterocycles. The molecule has 1 unspecified atom stereocenters. The van der Waals surface area contributed by atoms with Gasteiger partial charge >= 0.3 is 12.1 Å². The summed E-state index contributed by atoms with van der Waals surface area (Å²) in [7, 11) is 0. The summed E-state index contributed by atoms with van der Waals surface area (Å²) in [6.07, 6.45) is 1.97. The molecule has 0 spiro atoms. The molecule has 0 aromatic carbocycles. The van der Waals surface area contributed by atoms with Gasteiger partial charge in [0, 0.05) is 6.54 Å². The molecule has 0 fully saturated rings. The second-order valence-corrected chi connectivity index (χ2v) is 3.87. The van der Waals surface area contributed by atoms with Crippen LogP contribution in [-0.4, -0.2) is 42.8 Å². The Morgan fingerprint density at radius 3 is 2.59 bits per heavy atom. The molecule has 96 valence electrons. The van der Waals surface area contributed by atoms with Gasteiger partial charge in [-0.1, -0.05) is 11.6 Å². The standard InChI is InChI=1S/C12H19NO4/c1-4-16-11(14)10-8-9(3)6-7-13(10)12(15)17-5-2/h6,10H,4-5,7-8H2,1-3H3. The Kier molecular flexibility index (Phi) is 5.00. The smallest absolute Gasteiger partial charge is 0.410 e. The highest BCUT2D eigenvalue weighted by molar-refractivity contribution is 5.82. The van der Waals surface area contributed by atoms with Crippen LogP contribution in [0.1, 0.15) is 27.2 Å². The van der Waals surface area contributed by atoms with Crippen molar-refractivity contribution in [3.05, 3.63) is 11.6 Å². The number of amides is 1. The van der Waals surface area contributed by atoms with Crippen LogP contribution in [0.3, 0.4) is 0 Å². The van der Waals surface area contributed by atoms with Gasteiger partial charge in [0.1, 0.15) is 6.04 Å². The van der Waals surface area contributed by atoms with E-state index >= 15 is 0 Å². The quantitative estimate of drug-likeness (QED) is 0.557. The molecule has 0 radical (unpaired) electrons. The minimum atomic E-state index is -0.556. The Hall–Kier alpha value is -1.52. The van der Waals surface area contributed by atoms with Crippen LogP contribution in [0.2, 0.25) is 0 Å². The van der Waals surface area contributed by atoms with E-state index in [0.717, 1.165) is 5.57 Å². The maximum atomic E-state index is 11.8. The lowest BCUT2D eigenvalue weighted by atomic mass is 10.0. The molecule has 1 aliphatic rings. The lowest BCUT2D eigenvalue weighted by Gasteiger charge is -2.31. The van der Waals surface area contributed by atoms with Crippen LogP contribution >= 0.6 is 0 Å². The number of ether oxygens (including phenoxy) is 2. The molecule has 1 atom stereocenters. The van der Waals surface area contributed by atoms with E-state index in [9.17, 15) is 9.59 Å². The van der Waals surface area contributed by atoms with Crippen LogP contribution in [0, 0.1) is 0 Å². The Balaban J connectivity index is 2.77. The zero-order valence-corrected chi connectivity index (χ0v) is 10.6. The summed E-state index contributed by atoms with van der Waals surface area (Å²) in [6.45, 7) is 6.44. The lowest BCUT2D eigenvalue weighted by molar-refractivity contribution is -0.149. The van der Waals surface area contributed by atoms with Crippen molar-refractivity contribution >= 4 is 12.1 Å². The van der Waals surface area contributed by atoms with Crippen molar-refractivity contribution in [2.75, 3.05) is 19.8 Å². The molecule has 1 amide bonds. The predicted octanol–water partition coefficient (Wildman–Crippen LogP) is 1.73. The third-order valence-corrected chi connectivity index (χ3v) is 2.59. The average molecular weight is 241 g/mol. The zero-order valence-electron chi connectivity index (χ0n) is 10.6. The minimum absolute atomic E-state index is 0.299. The molecule has 0 saturated carbocycles. The fourth-order valence-corrected chi connectivity index (χ4v) is 1.74. The minimum Gasteiger partial charge on any atom is -0.464 e. The van der Waals surface area contributed by atoms with E-state index in [1.807, 2.05) is 13.0 Å². The summed E-state index contributed by atoms with van der Waals surface area (Å²) < 4.78 is 9.90. The summed E-state index contributed by atoms with van der Waals surface area (Å²) in [4.78, 5) is 24.9. The van der Waals surface area contributed by atoms with Gasteiger partial charge in [-0.25, -0.2) is 9.59 Å². The first kappa shape index (κ1) is 13.5. The molecule has 1 rings (SSSR count). The van der Waals surface area contributed by atoms with Crippen LogP contribution in [-0.2, 0) is 14.3 Å². The van der Waals surface area contributed by atoms with Crippen molar-refractivity contribution in [3.63, 3.8) is 0 Å².